The van der Waals surface area contributed by atoms with Crippen molar-refractivity contribution in [2.24, 2.45) is 0 Å². The molecule has 1 atom stereocenters. The molecule has 0 amide bonds. The van der Waals surface area contributed by atoms with Crippen LogP contribution in [0.2, 0.25) is 0 Å². The van der Waals surface area contributed by atoms with Crippen LogP contribution in [-0.4, -0.2) is 37.2 Å². The molecule has 0 bridgehead atoms. The molecule has 0 saturated carbocycles. The number of carbonyl (C=O) groups excluding carboxylic acids is 3. The molecule has 0 fully saturated rings. The van der Waals surface area contributed by atoms with Crippen LogP contribution >= 0.6 is 0 Å². The molecule has 328 valence electrons. The Morgan fingerprint density at radius 2 is 0.627 bits per heavy atom. The second-order valence-corrected chi connectivity index (χ2v) is 14.4. The predicted octanol–water partition coefficient (Wildman–Crippen LogP) is 14.7. The number of rotatable bonds is 38. The van der Waals surface area contributed by atoms with E-state index >= 15 is 0 Å². The first kappa shape index (κ1) is 54.6. The Morgan fingerprint density at radius 1 is 0.339 bits per heavy atom. The van der Waals surface area contributed by atoms with Crippen LogP contribution in [0, 0.1) is 0 Å². The minimum absolute atomic E-state index is 0.125. The maximum atomic E-state index is 12.7. The van der Waals surface area contributed by atoms with E-state index in [2.05, 4.69) is 93.7 Å². The van der Waals surface area contributed by atoms with Crippen LogP contribution in [-0.2, 0) is 28.6 Å². The van der Waals surface area contributed by atoms with E-state index in [0.717, 1.165) is 96.3 Å². The zero-order valence-electron chi connectivity index (χ0n) is 37.2. The van der Waals surface area contributed by atoms with Crippen LogP contribution < -0.4 is 0 Å². The molecule has 0 saturated heterocycles. The molecule has 0 aromatic heterocycles. The van der Waals surface area contributed by atoms with Crippen molar-refractivity contribution in [1.82, 2.24) is 0 Å². The second-order valence-electron chi connectivity index (χ2n) is 14.4. The number of ether oxygens (including phenoxy) is 3. The van der Waals surface area contributed by atoms with Crippen LogP contribution in [0.1, 0.15) is 162 Å². The highest BCUT2D eigenvalue weighted by molar-refractivity contribution is 5.71. The van der Waals surface area contributed by atoms with Crippen LogP contribution in [0.4, 0.5) is 0 Å². The van der Waals surface area contributed by atoms with E-state index in [-0.39, 0.29) is 31.6 Å². The lowest BCUT2D eigenvalue weighted by Gasteiger charge is -2.18. The highest BCUT2D eigenvalue weighted by atomic mass is 16.6. The zero-order valence-corrected chi connectivity index (χ0v) is 37.2. The summed E-state index contributed by atoms with van der Waals surface area (Å²) in [6, 6.07) is 0. The van der Waals surface area contributed by atoms with Crippen LogP contribution in [0.3, 0.4) is 0 Å². The summed E-state index contributed by atoms with van der Waals surface area (Å²) in [5.74, 6) is -1.05. The fourth-order valence-corrected chi connectivity index (χ4v) is 5.53. The third kappa shape index (κ3) is 44.5. The Kier molecular flexibility index (Phi) is 42.8. The van der Waals surface area contributed by atoms with Gasteiger partial charge in [0.1, 0.15) is 13.2 Å². The largest absolute Gasteiger partial charge is 0.462 e. The van der Waals surface area contributed by atoms with Gasteiger partial charge in [0, 0.05) is 19.3 Å². The topological polar surface area (TPSA) is 78.9 Å². The third-order valence-electron chi connectivity index (χ3n) is 8.88. The molecule has 0 aromatic rings. The van der Waals surface area contributed by atoms with E-state index in [1.807, 2.05) is 60.8 Å². The van der Waals surface area contributed by atoms with Gasteiger partial charge in [0.15, 0.2) is 6.10 Å². The smallest absolute Gasteiger partial charge is 0.306 e. The van der Waals surface area contributed by atoms with Crippen molar-refractivity contribution in [2.75, 3.05) is 13.2 Å². The fourth-order valence-electron chi connectivity index (χ4n) is 5.53. The van der Waals surface area contributed by atoms with E-state index in [9.17, 15) is 14.4 Å². The Morgan fingerprint density at radius 3 is 1.00 bits per heavy atom. The van der Waals surface area contributed by atoms with Crippen molar-refractivity contribution in [1.29, 1.82) is 0 Å². The molecule has 6 heteroatoms. The van der Waals surface area contributed by atoms with Gasteiger partial charge in [-0.3, -0.25) is 14.4 Å². The average molecular weight is 813 g/mol. The molecule has 0 rings (SSSR count). The van der Waals surface area contributed by atoms with Gasteiger partial charge in [-0.2, -0.15) is 0 Å². The molecule has 1 unspecified atom stereocenters. The first-order valence-electron chi connectivity index (χ1n) is 22.8. The normalized spacial score (nSPS) is 13.3. The quantitative estimate of drug-likeness (QED) is 0.0267. The summed E-state index contributed by atoms with van der Waals surface area (Å²) in [7, 11) is 0. The molecule has 0 aliphatic carbocycles. The molecule has 0 aliphatic heterocycles. The summed E-state index contributed by atoms with van der Waals surface area (Å²) < 4.78 is 16.6. The lowest BCUT2D eigenvalue weighted by atomic mass is 10.1. The maximum Gasteiger partial charge on any atom is 0.306 e. The maximum absolute atomic E-state index is 12.7. The van der Waals surface area contributed by atoms with Crippen molar-refractivity contribution in [2.45, 2.75) is 168 Å². The third-order valence-corrected chi connectivity index (χ3v) is 8.88. The molecule has 0 aromatic carbocycles. The summed E-state index contributed by atoms with van der Waals surface area (Å²) in [4.78, 5) is 37.8. The Hall–Kier alpha value is -4.45. The first-order valence-corrected chi connectivity index (χ1v) is 22.8. The minimum Gasteiger partial charge on any atom is -0.462 e. The van der Waals surface area contributed by atoms with Gasteiger partial charge in [-0.25, -0.2) is 0 Å². The van der Waals surface area contributed by atoms with E-state index in [0.29, 0.717) is 19.3 Å². The van der Waals surface area contributed by atoms with Crippen molar-refractivity contribution in [3.8, 4) is 0 Å². The molecular weight excluding hydrogens is 733 g/mol. The molecule has 0 radical (unpaired) electrons. The summed E-state index contributed by atoms with van der Waals surface area (Å²) in [6.45, 7) is 6.10. The second kappa shape index (κ2) is 46.2. The number of hydrogen-bond donors (Lipinski definition) is 0. The zero-order chi connectivity index (χ0) is 43.0. The van der Waals surface area contributed by atoms with Gasteiger partial charge in [0.05, 0.1) is 0 Å². The Balaban J connectivity index is 4.57. The lowest BCUT2D eigenvalue weighted by molar-refractivity contribution is -0.167. The highest BCUT2D eigenvalue weighted by Gasteiger charge is 2.19. The summed E-state index contributed by atoms with van der Waals surface area (Å²) in [5.41, 5.74) is 0. The minimum atomic E-state index is -0.832. The molecule has 0 aliphatic rings. The van der Waals surface area contributed by atoms with Gasteiger partial charge in [0.25, 0.3) is 0 Å². The molecule has 0 spiro atoms. The molecule has 59 heavy (non-hydrogen) atoms. The van der Waals surface area contributed by atoms with E-state index < -0.39 is 12.1 Å². The number of esters is 3. The van der Waals surface area contributed by atoms with Gasteiger partial charge < -0.3 is 14.2 Å². The lowest BCUT2D eigenvalue weighted by Crippen LogP contribution is -2.30. The molecular formula is C53H80O6. The highest BCUT2D eigenvalue weighted by Crippen LogP contribution is 2.12. The number of hydrogen-bond acceptors (Lipinski definition) is 6. The van der Waals surface area contributed by atoms with Crippen molar-refractivity contribution < 1.29 is 28.6 Å². The fraction of sp³-hybridized carbons (Fsp3) is 0.528. The van der Waals surface area contributed by atoms with Gasteiger partial charge in [-0.15, -0.1) is 0 Å². The van der Waals surface area contributed by atoms with Gasteiger partial charge in [-0.05, 0) is 70.6 Å². The van der Waals surface area contributed by atoms with Crippen LogP contribution in [0.25, 0.3) is 0 Å². The van der Waals surface area contributed by atoms with Crippen LogP contribution in [0.5, 0.6) is 0 Å². The molecule has 6 nitrogen and oxygen atoms in total. The molecule has 0 heterocycles. The van der Waals surface area contributed by atoms with Crippen LogP contribution in [0.15, 0.2) is 134 Å². The van der Waals surface area contributed by atoms with E-state index in [1.54, 1.807) is 0 Å². The van der Waals surface area contributed by atoms with Gasteiger partial charge >= 0.3 is 17.9 Å². The standard InChI is InChI=1S/C53H80O6/c1-4-7-10-13-16-19-22-25-26-29-31-34-37-40-43-46-52(55)58-49-50(59-53(56)47-44-41-38-35-32-28-24-21-18-15-12-9-6-3)48-57-51(54)45-42-39-36-33-30-27-23-20-17-14-11-8-5-2/h7-24,28,32,35,38,50H,4-6,25-27,29-31,33-34,36-37,39-49H2,1-3H3/b10-7+,11-8+,12-9+,16-13+,17-14+,18-15+,22-19+,23-20+,24-21+,32-28+,38-35+. The SMILES string of the molecule is CC/C=C/C=C/C=C/C=C/C=C/CCCC(=O)OC(COC(=O)CCCCCCC/C=C/C=C/C=C/CC)COC(=O)CCCCCCCCC/C=C/C=C/C=C/CC. The number of allylic oxidation sites excluding steroid dienone is 22. The van der Waals surface area contributed by atoms with E-state index in [1.165, 1.54) is 19.3 Å². The Labute approximate surface area is 360 Å². The number of unbranched alkanes of at least 4 members (excludes halogenated alkanes) is 13. The Bertz CT molecular complexity index is 1350. The predicted molar refractivity (Wildman–Crippen MR) is 251 cm³/mol. The van der Waals surface area contributed by atoms with Gasteiger partial charge in [-0.1, -0.05) is 206 Å². The molecule has 0 N–H and O–H groups in total. The summed E-state index contributed by atoms with van der Waals surface area (Å²) in [5, 5.41) is 0. The van der Waals surface area contributed by atoms with Crippen molar-refractivity contribution in [3.63, 3.8) is 0 Å². The van der Waals surface area contributed by atoms with E-state index in [4.69, 9.17) is 14.2 Å². The van der Waals surface area contributed by atoms with Crippen molar-refractivity contribution in [3.05, 3.63) is 134 Å². The average Bonchev–Trinajstić information content (AvgIpc) is 3.23. The van der Waals surface area contributed by atoms with Crippen molar-refractivity contribution >= 4 is 17.9 Å². The summed E-state index contributed by atoms with van der Waals surface area (Å²) in [6.07, 6.45) is 64.4. The van der Waals surface area contributed by atoms with Gasteiger partial charge in [0.2, 0.25) is 0 Å². The first-order chi connectivity index (χ1) is 29.0. The monoisotopic (exact) mass is 813 g/mol. The summed E-state index contributed by atoms with van der Waals surface area (Å²) >= 11 is 0. The number of carbonyl (C=O) groups is 3.